The smallest absolute Gasteiger partial charge is 0.0329 e. The second kappa shape index (κ2) is 6.17. The summed E-state index contributed by atoms with van der Waals surface area (Å²) in [5.41, 5.74) is 6.39. The van der Waals surface area contributed by atoms with Crippen molar-refractivity contribution >= 4 is 0 Å². The summed E-state index contributed by atoms with van der Waals surface area (Å²) in [7, 11) is 2.29. The van der Waals surface area contributed by atoms with Crippen LogP contribution in [-0.4, -0.2) is 55.1 Å². The summed E-state index contributed by atoms with van der Waals surface area (Å²) in [6.45, 7) is 5.88. The van der Waals surface area contributed by atoms with Crippen LogP contribution in [0.3, 0.4) is 0 Å². The topological polar surface area (TPSA) is 32.5 Å². The van der Waals surface area contributed by atoms with Crippen molar-refractivity contribution in [1.29, 1.82) is 0 Å². The third-order valence-electron chi connectivity index (χ3n) is 4.92. The van der Waals surface area contributed by atoms with E-state index in [2.05, 4.69) is 16.8 Å². The van der Waals surface area contributed by atoms with Crippen molar-refractivity contribution in [2.24, 2.45) is 5.73 Å². The van der Waals surface area contributed by atoms with Crippen LogP contribution in [0.4, 0.5) is 0 Å². The lowest BCUT2D eigenvalue weighted by molar-refractivity contribution is 0.0740. The van der Waals surface area contributed by atoms with Gasteiger partial charge >= 0.3 is 0 Å². The van der Waals surface area contributed by atoms with Gasteiger partial charge in [0.25, 0.3) is 0 Å². The molecule has 0 bridgehead atoms. The average Bonchev–Trinajstić information content (AvgIpc) is 2.90. The first-order valence-corrected chi connectivity index (χ1v) is 7.40. The van der Waals surface area contributed by atoms with Crippen LogP contribution in [0.5, 0.6) is 0 Å². The van der Waals surface area contributed by atoms with E-state index < -0.39 is 0 Å². The summed E-state index contributed by atoms with van der Waals surface area (Å²) in [4.78, 5) is 5.16. The number of nitrogens with zero attached hydrogens (tertiary/aromatic N) is 2. The molecule has 2 aliphatic rings. The number of nitrogens with two attached hydrogens (primary N) is 1. The molecule has 0 amide bonds. The molecule has 3 heteroatoms. The van der Waals surface area contributed by atoms with Gasteiger partial charge in [0.2, 0.25) is 0 Å². The molecule has 1 aliphatic carbocycles. The Morgan fingerprint density at radius 3 is 2.29 bits per heavy atom. The van der Waals surface area contributed by atoms with Gasteiger partial charge in [-0.05, 0) is 45.8 Å². The van der Waals surface area contributed by atoms with Crippen molar-refractivity contribution in [3.63, 3.8) is 0 Å². The minimum Gasteiger partial charge on any atom is -0.329 e. The second-order valence-electron chi connectivity index (χ2n) is 5.96. The van der Waals surface area contributed by atoms with Crippen LogP contribution < -0.4 is 5.73 Å². The van der Waals surface area contributed by atoms with Gasteiger partial charge in [-0.3, -0.25) is 4.90 Å². The summed E-state index contributed by atoms with van der Waals surface area (Å²) in [5, 5.41) is 0. The zero-order chi connectivity index (χ0) is 12.1. The Balaban J connectivity index is 1.81. The summed E-state index contributed by atoms with van der Waals surface area (Å²) >= 11 is 0. The molecular weight excluding hydrogens is 210 g/mol. The Kier molecular flexibility index (Phi) is 4.83. The van der Waals surface area contributed by atoms with E-state index in [1.807, 2.05) is 0 Å². The minimum atomic E-state index is 0.317. The Labute approximate surface area is 106 Å². The molecule has 0 atom stereocenters. The van der Waals surface area contributed by atoms with E-state index in [1.165, 1.54) is 71.1 Å². The van der Waals surface area contributed by atoms with E-state index in [9.17, 15) is 0 Å². The SMILES string of the molecule is CN(CCN1CCCC1)C1(CN)CCCCC1. The molecule has 100 valence electrons. The van der Waals surface area contributed by atoms with Gasteiger partial charge in [-0.15, -0.1) is 0 Å². The molecule has 17 heavy (non-hydrogen) atoms. The van der Waals surface area contributed by atoms with Crippen molar-refractivity contribution in [3.8, 4) is 0 Å². The van der Waals surface area contributed by atoms with Crippen LogP contribution in [0.25, 0.3) is 0 Å². The van der Waals surface area contributed by atoms with E-state index >= 15 is 0 Å². The standard InChI is InChI=1S/C14H29N3/c1-16(11-12-17-9-5-6-10-17)14(13-15)7-3-2-4-8-14/h2-13,15H2,1H3. The molecule has 3 nitrogen and oxygen atoms in total. The fourth-order valence-corrected chi connectivity index (χ4v) is 3.49. The lowest BCUT2D eigenvalue weighted by Gasteiger charge is -2.44. The van der Waals surface area contributed by atoms with Gasteiger partial charge in [-0.25, -0.2) is 0 Å². The van der Waals surface area contributed by atoms with Crippen LogP contribution in [0.1, 0.15) is 44.9 Å². The zero-order valence-electron chi connectivity index (χ0n) is 11.5. The van der Waals surface area contributed by atoms with E-state index in [0.717, 1.165) is 6.54 Å². The van der Waals surface area contributed by atoms with Crippen LogP contribution in [0.2, 0.25) is 0 Å². The maximum atomic E-state index is 6.07. The fourth-order valence-electron chi connectivity index (χ4n) is 3.49. The minimum absolute atomic E-state index is 0.317. The highest BCUT2D eigenvalue weighted by molar-refractivity contribution is 4.93. The van der Waals surface area contributed by atoms with E-state index in [4.69, 9.17) is 5.73 Å². The highest BCUT2D eigenvalue weighted by atomic mass is 15.2. The van der Waals surface area contributed by atoms with Crippen LogP contribution in [-0.2, 0) is 0 Å². The van der Waals surface area contributed by atoms with Crippen LogP contribution in [0.15, 0.2) is 0 Å². The number of hydrogen-bond acceptors (Lipinski definition) is 3. The molecule has 0 aromatic rings. The molecule has 0 spiro atoms. The molecule has 0 aromatic heterocycles. The maximum absolute atomic E-state index is 6.07. The third kappa shape index (κ3) is 3.21. The van der Waals surface area contributed by atoms with Crippen molar-refractivity contribution in [3.05, 3.63) is 0 Å². The van der Waals surface area contributed by atoms with Crippen LogP contribution in [0, 0.1) is 0 Å². The summed E-state index contributed by atoms with van der Waals surface area (Å²) in [6, 6.07) is 0. The lowest BCUT2D eigenvalue weighted by atomic mass is 9.80. The first kappa shape index (κ1) is 13.3. The molecule has 0 radical (unpaired) electrons. The highest BCUT2D eigenvalue weighted by Gasteiger charge is 2.34. The maximum Gasteiger partial charge on any atom is 0.0329 e. The number of hydrogen-bond donors (Lipinski definition) is 1. The van der Waals surface area contributed by atoms with E-state index in [-0.39, 0.29) is 0 Å². The molecule has 1 saturated heterocycles. The predicted molar refractivity (Wildman–Crippen MR) is 73.2 cm³/mol. The number of likely N-dealkylation sites (N-methyl/N-ethyl adjacent to an activating group) is 1. The molecule has 2 N–H and O–H groups in total. The fraction of sp³-hybridized carbons (Fsp3) is 1.00. The molecule has 1 saturated carbocycles. The van der Waals surface area contributed by atoms with Gasteiger partial charge in [0.1, 0.15) is 0 Å². The number of rotatable bonds is 5. The van der Waals surface area contributed by atoms with Crippen molar-refractivity contribution in [2.45, 2.75) is 50.5 Å². The Morgan fingerprint density at radius 1 is 1.06 bits per heavy atom. The number of likely N-dealkylation sites (tertiary alicyclic amines) is 1. The summed E-state index contributed by atoms with van der Waals surface area (Å²) in [5.74, 6) is 0. The van der Waals surface area contributed by atoms with Gasteiger partial charge < -0.3 is 10.6 Å². The molecule has 1 aliphatic heterocycles. The molecular formula is C14H29N3. The van der Waals surface area contributed by atoms with E-state index in [0.29, 0.717) is 5.54 Å². The molecule has 0 aromatic carbocycles. The Hall–Kier alpha value is -0.120. The van der Waals surface area contributed by atoms with Gasteiger partial charge in [-0.2, -0.15) is 0 Å². The monoisotopic (exact) mass is 239 g/mol. The third-order valence-corrected chi connectivity index (χ3v) is 4.92. The normalized spacial score (nSPS) is 25.6. The molecule has 2 fully saturated rings. The van der Waals surface area contributed by atoms with Gasteiger partial charge in [0, 0.05) is 25.2 Å². The quantitative estimate of drug-likeness (QED) is 0.792. The molecule has 2 rings (SSSR count). The largest absolute Gasteiger partial charge is 0.329 e. The highest BCUT2D eigenvalue weighted by Crippen LogP contribution is 2.31. The average molecular weight is 239 g/mol. The first-order chi connectivity index (χ1) is 8.27. The predicted octanol–water partition coefficient (Wildman–Crippen LogP) is 1.68. The second-order valence-corrected chi connectivity index (χ2v) is 5.96. The van der Waals surface area contributed by atoms with Crippen LogP contribution >= 0.6 is 0 Å². The Bertz CT molecular complexity index is 218. The van der Waals surface area contributed by atoms with E-state index in [1.54, 1.807) is 0 Å². The van der Waals surface area contributed by atoms with Gasteiger partial charge in [0.05, 0.1) is 0 Å². The van der Waals surface area contributed by atoms with Crippen molar-refractivity contribution in [1.82, 2.24) is 9.80 Å². The van der Waals surface area contributed by atoms with Gasteiger partial charge in [-0.1, -0.05) is 19.3 Å². The summed E-state index contributed by atoms with van der Waals surface area (Å²) < 4.78 is 0. The van der Waals surface area contributed by atoms with Gasteiger partial charge in [0.15, 0.2) is 0 Å². The molecule has 1 heterocycles. The van der Waals surface area contributed by atoms with Crippen molar-refractivity contribution in [2.75, 3.05) is 39.8 Å². The molecule has 0 unspecified atom stereocenters. The summed E-state index contributed by atoms with van der Waals surface area (Å²) in [6.07, 6.45) is 9.54. The zero-order valence-corrected chi connectivity index (χ0v) is 11.5. The lowest BCUT2D eigenvalue weighted by Crippen LogP contribution is -2.54. The Morgan fingerprint density at radius 2 is 1.71 bits per heavy atom. The van der Waals surface area contributed by atoms with Crippen molar-refractivity contribution < 1.29 is 0 Å². The first-order valence-electron chi connectivity index (χ1n) is 7.40.